The van der Waals surface area contributed by atoms with E-state index < -0.39 is 5.54 Å². The Hall–Kier alpha value is -1.10. The lowest BCUT2D eigenvalue weighted by Gasteiger charge is -2.65. The highest BCUT2D eigenvalue weighted by atomic mass is 35.5. The summed E-state index contributed by atoms with van der Waals surface area (Å²) in [5.41, 5.74) is 7.46. The van der Waals surface area contributed by atoms with E-state index >= 15 is 0 Å². The number of rotatable bonds is 3. The van der Waals surface area contributed by atoms with Gasteiger partial charge in [-0.25, -0.2) is 0 Å². The molecule has 0 spiro atoms. The number of halogens is 1. The van der Waals surface area contributed by atoms with Gasteiger partial charge in [-0.05, 0) is 36.5 Å². The third-order valence-corrected chi connectivity index (χ3v) is 5.90. The van der Waals surface area contributed by atoms with Gasteiger partial charge in [0.1, 0.15) is 5.54 Å². The van der Waals surface area contributed by atoms with Gasteiger partial charge in [-0.3, -0.25) is 4.79 Å². The Kier molecular flexibility index (Phi) is 5.34. The highest BCUT2D eigenvalue weighted by molar-refractivity contribution is 6.00. The van der Waals surface area contributed by atoms with E-state index in [1.807, 2.05) is 26.0 Å². The Morgan fingerprint density at radius 1 is 1.29 bits per heavy atom. The summed E-state index contributed by atoms with van der Waals surface area (Å²) in [6.07, 6.45) is 2.03. The number of hydrogen-bond donors (Lipinski definition) is 2. The topological polar surface area (TPSA) is 64.4 Å². The maximum atomic E-state index is 12.9. The summed E-state index contributed by atoms with van der Waals surface area (Å²) in [6.45, 7) is 9.17. The molecule has 4 nitrogen and oxygen atoms in total. The average molecular weight is 353 g/mol. The first-order valence-corrected chi connectivity index (χ1v) is 8.60. The van der Waals surface area contributed by atoms with E-state index in [0.717, 1.165) is 25.1 Å². The molecular formula is C19H29ClN2O2. The van der Waals surface area contributed by atoms with Crippen LogP contribution in [0, 0.1) is 11.3 Å². The van der Waals surface area contributed by atoms with Crippen LogP contribution in [0.15, 0.2) is 24.3 Å². The first kappa shape index (κ1) is 19.2. The fraction of sp³-hybridized carbons (Fsp3) is 0.632. The lowest BCUT2D eigenvalue weighted by molar-refractivity contribution is -0.222. The summed E-state index contributed by atoms with van der Waals surface area (Å²) in [6, 6.07) is 8.03. The number of anilines is 1. The van der Waals surface area contributed by atoms with Crippen LogP contribution in [-0.2, 0) is 9.53 Å². The number of benzene rings is 1. The van der Waals surface area contributed by atoms with Crippen molar-refractivity contribution >= 4 is 24.0 Å². The van der Waals surface area contributed by atoms with Crippen molar-refractivity contribution in [2.24, 2.45) is 17.1 Å². The lowest BCUT2D eigenvalue weighted by atomic mass is 9.46. The van der Waals surface area contributed by atoms with Crippen LogP contribution in [0.1, 0.15) is 52.0 Å². The van der Waals surface area contributed by atoms with Crippen molar-refractivity contribution in [2.75, 3.05) is 11.9 Å². The van der Waals surface area contributed by atoms with Crippen LogP contribution < -0.4 is 11.1 Å². The standard InChI is InChI=1S/C19H28N2O2.ClH/c1-12(2)13-7-9-14(10-8-13)21-17(22)19(20)15-6-5-11-23-16(15)18(19,3)4;/h7-10,12,15-16H,5-6,11,20H2,1-4H3,(H,21,22);1H. The Morgan fingerprint density at radius 2 is 1.92 bits per heavy atom. The number of fused-ring (bicyclic) bond motifs is 1. The Morgan fingerprint density at radius 3 is 2.50 bits per heavy atom. The van der Waals surface area contributed by atoms with Gasteiger partial charge in [0.25, 0.3) is 0 Å². The minimum absolute atomic E-state index is 0. The van der Waals surface area contributed by atoms with Gasteiger partial charge in [-0.15, -0.1) is 12.4 Å². The molecule has 1 saturated heterocycles. The molecule has 1 aromatic carbocycles. The molecule has 3 N–H and O–H groups in total. The predicted molar refractivity (Wildman–Crippen MR) is 99.6 cm³/mol. The molecule has 3 unspecified atom stereocenters. The van der Waals surface area contributed by atoms with E-state index in [-0.39, 0.29) is 35.8 Å². The first-order chi connectivity index (χ1) is 10.8. The molecule has 2 fully saturated rings. The molecule has 1 aromatic rings. The second-order valence-corrected chi connectivity index (χ2v) is 7.86. The predicted octanol–water partition coefficient (Wildman–Crippen LogP) is 3.70. The number of nitrogens with one attached hydrogen (secondary N) is 1. The molecule has 1 aliphatic carbocycles. The maximum absolute atomic E-state index is 12.9. The fourth-order valence-electron chi connectivity index (χ4n) is 4.22. The van der Waals surface area contributed by atoms with Gasteiger partial charge in [0.15, 0.2) is 0 Å². The summed E-state index contributed by atoms with van der Waals surface area (Å²) in [7, 11) is 0. The molecule has 0 bridgehead atoms. The normalized spacial score (nSPS) is 30.8. The molecule has 3 atom stereocenters. The smallest absolute Gasteiger partial charge is 0.245 e. The van der Waals surface area contributed by atoms with Crippen LogP contribution in [0.4, 0.5) is 5.69 Å². The Balaban J connectivity index is 0.00000208. The summed E-state index contributed by atoms with van der Waals surface area (Å²) < 4.78 is 5.87. The van der Waals surface area contributed by atoms with Crippen LogP contribution in [-0.4, -0.2) is 24.2 Å². The van der Waals surface area contributed by atoms with Crippen LogP contribution >= 0.6 is 12.4 Å². The Bertz CT molecular complexity index is 600. The third kappa shape index (κ3) is 2.75. The first-order valence-electron chi connectivity index (χ1n) is 8.60. The van der Waals surface area contributed by atoms with Crippen LogP contribution in [0.2, 0.25) is 0 Å². The third-order valence-electron chi connectivity index (χ3n) is 5.90. The van der Waals surface area contributed by atoms with Gasteiger partial charge >= 0.3 is 0 Å². The van der Waals surface area contributed by atoms with Crippen LogP contribution in [0.3, 0.4) is 0 Å². The molecule has 1 aliphatic heterocycles. The van der Waals surface area contributed by atoms with E-state index in [4.69, 9.17) is 10.5 Å². The molecule has 134 valence electrons. The summed E-state index contributed by atoms with van der Waals surface area (Å²) in [4.78, 5) is 12.9. The van der Waals surface area contributed by atoms with Crippen molar-refractivity contribution in [3.05, 3.63) is 29.8 Å². The minimum atomic E-state index is -0.866. The van der Waals surface area contributed by atoms with E-state index in [2.05, 4.69) is 31.3 Å². The van der Waals surface area contributed by atoms with Crippen LogP contribution in [0.5, 0.6) is 0 Å². The van der Waals surface area contributed by atoms with Crippen molar-refractivity contribution in [2.45, 2.75) is 58.1 Å². The molecule has 0 radical (unpaired) electrons. The molecule has 1 saturated carbocycles. The van der Waals surface area contributed by atoms with Crippen molar-refractivity contribution in [3.63, 3.8) is 0 Å². The molecule has 1 heterocycles. The van der Waals surface area contributed by atoms with E-state index in [9.17, 15) is 4.79 Å². The van der Waals surface area contributed by atoms with Crippen molar-refractivity contribution in [1.29, 1.82) is 0 Å². The summed E-state index contributed by atoms with van der Waals surface area (Å²) in [5, 5.41) is 3.02. The maximum Gasteiger partial charge on any atom is 0.245 e. The van der Waals surface area contributed by atoms with Gasteiger partial charge in [0.05, 0.1) is 6.10 Å². The second kappa shape index (κ2) is 6.66. The van der Waals surface area contributed by atoms with Crippen molar-refractivity contribution in [3.8, 4) is 0 Å². The Labute approximate surface area is 150 Å². The summed E-state index contributed by atoms with van der Waals surface area (Å²) >= 11 is 0. The van der Waals surface area contributed by atoms with Gasteiger partial charge in [-0.2, -0.15) is 0 Å². The van der Waals surface area contributed by atoms with Gasteiger partial charge in [0.2, 0.25) is 5.91 Å². The number of hydrogen-bond acceptors (Lipinski definition) is 3. The number of amides is 1. The van der Waals surface area contributed by atoms with Crippen molar-refractivity contribution < 1.29 is 9.53 Å². The number of carbonyl (C=O) groups excluding carboxylic acids is 1. The highest BCUT2D eigenvalue weighted by Gasteiger charge is 2.70. The minimum Gasteiger partial charge on any atom is -0.377 e. The van der Waals surface area contributed by atoms with E-state index in [1.165, 1.54) is 5.56 Å². The molecule has 24 heavy (non-hydrogen) atoms. The number of ether oxygens (including phenoxy) is 1. The number of nitrogens with two attached hydrogens (primary N) is 1. The SMILES string of the molecule is CC(C)c1ccc(NC(=O)C2(N)C3CCCOC3C2(C)C)cc1.Cl. The van der Waals surface area contributed by atoms with Gasteiger partial charge in [-0.1, -0.05) is 39.8 Å². The quantitative estimate of drug-likeness (QED) is 0.871. The largest absolute Gasteiger partial charge is 0.377 e. The molecule has 5 heteroatoms. The lowest BCUT2D eigenvalue weighted by Crippen LogP contribution is -2.81. The highest BCUT2D eigenvalue weighted by Crippen LogP contribution is 2.57. The van der Waals surface area contributed by atoms with E-state index in [0.29, 0.717) is 5.92 Å². The number of carbonyl (C=O) groups is 1. The molecule has 0 aromatic heterocycles. The van der Waals surface area contributed by atoms with Crippen LogP contribution in [0.25, 0.3) is 0 Å². The second-order valence-electron chi connectivity index (χ2n) is 7.86. The zero-order valence-electron chi connectivity index (χ0n) is 15.0. The molecule has 1 amide bonds. The monoisotopic (exact) mass is 352 g/mol. The summed E-state index contributed by atoms with van der Waals surface area (Å²) in [5.74, 6) is 0.499. The molecule has 2 aliphatic rings. The zero-order chi connectivity index (χ0) is 16.8. The van der Waals surface area contributed by atoms with Crippen molar-refractivity contribution in [1.82, 2.24) is 0 Å². The van der Waals surface area contributed by atoms with Gasteiger partial charge < -0.3 is 15.8 Å². The fourth-order valence-corrected chi connectivity index (χ4v) is 4.22. The molecular weight excluding hydrogens is 324 g/mol. The molecule has 3 rings (SSSR count). The zero-order valence-corrected chi connectivity index (χ0v) is 15.8. The van der Waals surface area contributed by atoms with E-state index in [1.54, 1.807) is 0 Å². The average Bonchev–Trinajstić information content (AvgIpc) is 2.54. The van der Waals surface area contributed by atoms with Gasteiger partial charge in [0, 0.05) is 23.6 Å².